The van der Waals surface area contributed by atoms with Crippen molar-refractivity contribution in [2.24, 2.45) is 5.92 Å². The Morgan fingerprint density at radius 1 is 0.920 bits per heavy atom. The van der Waals surface area contributed by atoms with Crippen molar-refractivity contribution in [1.29, 1.82) is 0 Å². The molecule has 1 aliphatic heterocycles. The van der Waals surface area contributed by atoms with Crippen molar-refractivity contribution < 1.29 is 9.59 Å². The Kier molecular flexibility index (Phi) is 5.83. The molecule has 0 radical (unpaired) electrons. The van der Waals surface area contributed by atoms with Gasteiger partial charge in [-0.1, -0.05) is 36.4 Å². The van der Waals surface area contributed by atoms with Crippen molar-refractivity contribution in [3.05, 3.63) is 66.2 Å². The van der Waals surface area contributed by atoms with E-state index in [1.165, 1.54) is 0 Å². The lowest BCUT2D eigenvalue weighted by Crippen LogP contribution is -2.38. The Hall–Kier alpha value is -2.62. The van der Waals surface area contributed by atoms with E-state index in [0.717, 1.165) is 43.6 Å². The molecule has 0 aliphatic carbocycles. The largest absolute Gasteiger partial charge is 0.339 e. The van der Waals surface area contributed by atoms with Crippen LogP contribution in [0.1, 0.15) is 36.0 Å². The molecule has 0 spiro atoms. The van der Waals surface area contributed by atoms with Crippen LogP contribution in [0.15, 0.2) is 60.7 Å². The highest BCUT2D eigenvalue weighted by Gasteiger charge is 2.23. The van der Waals surface area contributed by atoms with Crippen LogP contribution >= 0.6 is 0 Å². The second kappa shape index (κ2) is 8.47. The first-order valence-electron chi connectivity index (χ1n) is 8.91. The zero-order valence-corrected chi connectivity index (χ0v) is 14.4. The highest BCUT2D eigenvalue weighted by molar-refractivity contribution is 5.94. The van der Waals surface area contributed by atoms with Crippen LogP contribution in [0.3, 0.4) is 0 Å². The number of hydrogen-bond acceptors (Lipinski definition) is 2. The molecule has 4 heteroatoms. The van der Waals surface area contributed by atoms with E-state index in [2.05, 4.69) is 5.32 Å². The van der Waals surface area contributed by atoms with Crippen molar-refractivity contribution in [3.8, 4) is 0 Å². The molecule has 4 nitrogen and oxygen atoms in total. The molecule has 3 rings (SSSR count). The van der Waals surface area contributed by atoms with Gasteiger partial charge in [0, 0.05) is 30.8 Å². The van der Waals surface area contributed by atoms with Crippen LogP contribution < -0.4 is 5.32 Å². The van der Waals surface area contributed by atoms with Gasteiger partial charge in [-0.05, 0) is 49.4 Å². The molecule has 2 aromatic rings. The molecule has 1 fully saturated rings. The van der Waals surface area contributed by atoms with Gasteiger partial charge in [-0.3, -0.25) is 9.59 Å². The second-order valence-electron chi connectivity index (χ2n) is 6.55. The minimum absolute atomic E-state index is 0.0639. The minimum Gasteiger partial charge on any atom is -0.339 e. The van der Waals surface area contributed by atoms with Crippen molar-refractivity contribution in [3.63, 3.8) is 0 Å². The van der Waals surface area contributed by atoms with Gasteiger partial charge in [-0.2, -0.15) is 0 Å². The molecular weight excluding hydrogens is 312 g/mol. The lowest BCUT2D eigenvalue weighted by Gasteiger charge is -2.32. The van der Waals surface area contributed by atoms with Crippen molar-refractivity contribution in [2.75, 3.05) is 18.4 Å². The summed E-state index contributed by atoms with van der Waals surface area (Å²) in [6.07, 6.45) is 3.35. The standard InChI is InChI=1S/C21H24N2O2/c24-20(22-19-9-5-2-6-10-19)12-11-17-13-15-23(16-14-17)21(25)18-7-3-1-4-8-18/h1-10,17H,11-16H2,(H,22,24). The number of para-hydroxylation sites is 1. The number of hydrogen-bond donors (Lipinski definition) is 1. The van der Waals surface area contributed by atoms with E-state index in [1.807, 2.05) is 65.6 Å². The van der Waals surface area contributed by atoms with Crippen LogP contribution in [-0.4, -0.2) is 29.8 Å². The number of rotatable bonds is 5. The molecule has 25 heavy (non-hydrogen) atoms. The molecule has 0 unspecified atom stereocenters. The van der Waals surface area contributed by atoms with Gasteiger partial charge in [-0.15, -0.1) is 0 Å². The van der Waals surface area contributed by atoms with E-state index in [4.69, 9.17) is 0 Å². The van der Waals surface area contributed by atoms with E-state index < -0.39 is 0 Å². The fourth-order valence-electron chi connectivity index (χ4n) is 3.27. The van der Waals surface area contributed by atoms with Gasteiger partial charge in [0.15, 0.2) is 0 Å². The highest BCUT2D eigenvalue weighted by atomic mass is 16.2. The zero-order chi connectivity index (χ0) is 17.5. The molecule has 0 atom stereocenters. The fourth-order valence-corrected chi connectivity index (χ4v) is 3.27. The molecule has 1 aliphatic rings. The Labute approximate surface area is 148 Å². The van der Waals surface area contributed by atoms with E-state index in [0.29, 0.717) is 12.3 Å². The molecular formula is C21H24N2O2. The first-order valence-corrected chi connectivity index (χ1v) is 8.91. The molecule has 1 heterocycles. The van der Waals surface area contributed by atoms with Crippen molar-refractivity contribution >= 4 is 17.5 Å². The quantitative estimate of drug-likeness (QED) is 0.898. The van der Waals surface area contributed by atoms with Gasteiger partial charge >= 0.3 is 0 Å². The second-order valence-corrected chi connectivity index (χ2v) is 6.55. The van der Waals surface area contributed by atoms with Crippen LogP contribution in [0, 0.1) is 5.92 Å². The predicted molar refractivity (Wildman–Crippen MR) is 99.4 cm³/mol. The molecule has 130 valence electrons. The summed E-state index contributed by atoms with van der Waals surface area (Å²) in [5, 5.41) is 2.93. The Bertz CT molecular complexity index is 692. The summed E-state index contributed by atoms with van der Waals surface area (Å²) >= 11 is 0. The maximum atomic E-state index is 12.4. The minimum atomic E-state index is 0.0639. The molecule has 0 saturated carbocycles. The summed E-state index contributed by atoms with van der Waals surface area (Å²) in [4.78, 5) is 26.4. The van der Waals surface area contributed by atoms with Gasteiger partial charge in [0.25, 0.3) is 5.91 Å². The van der Waals surface area contributed by atoms with Gasteiger partial charge < -0.3 is 10.2 Å². The van der Waals surface area contributed by atoms with Crippen LogP contribution in [0.2, 0.25) is 0 Å². The number of nitrogens with zero attached hydrogens (tertiary/aromatic N) is 1. The molecule has 0 bridgehead atoms. The molecule has 2 aromatic carbocycles. The third-order valence-electron chi connectivity index (χ3n) is 4.76. The Morgan fingerprint density at radius 2 is 1.52 bits per heavy atom. The first kappa shape index (κ1) is 17.2. The molecule has 0 aromatic heterocycles. The normalized spacial score (nSPS) is 15.0. The van der Waals surface area contributed by atoms with E-state index in [1.54, 1.807) is 0 Å². The first-order chi connectivity index (χ1) is 12.2. The third-order valence-corrected chi connectivity index (χ3v) is 4.76. The van der Waals surface area contributed by atoms with Crippen molar-refractivity contribution in [1.82, 2.24) is 4.90 Å². The Balaban J connectivity index is 1.41. The maximum Gasteiger partial charge on any atom is 0.253 e. The molecule has 1 saturated heterocycles. The maximum absolute atomic E-state index is 12.4. The van der Waals surface area contributed by atoms with Gasteiger partial charge in [0.1, 0.15) is 0 Å². The predicted octanol–water partition coefficient (Wildman–Crippen LogP) is 3.96. The van der Waals surface area contributed by atoms with Crippen molar-refractivity contribution in [2.45, 2.75) is 25.7 Å². The Morgan fingerprint density at radius 3 is 2.16 bits per heavy atom. The van der Waals surface area contributed by atoms with Crippen LogP contribution in [0.25, 0.3) is 0 Å². The average Bonchev–Trinajstić information content (AvgIpc) is 2.68. The SMILES string of the molecule is O=C(CCC1CCN(C(=O)c2ccccc2)CC1)Nc1ccccc1. The summed E-state index contributed by atoms with van der Waals surface area (Å²) in [6.45, 7) is 1.55. The summed E-state index contributed by atoms with van der Waals surface area (Å²) in [5.74, 6) is 0.691. The molecule has 1 N–H and O–H groups in total. The number of likely N-dealkylation sites (tertiary alicyclic amines) is 1. The lowest BCUT2D eigenvalue weighted by atomic mass is 9.91. The van der Waals surface area contributed by atoms with Crippen LogP contribution in [0.4, 0.5) is 5.69 Å². The van der Waals surface area contributed by atoms with Gasteiger partial charge in [0.05, 0.1) is 0 Å². The number of anilines is 1. The van der Waals surface area contributed by atoms with E-state index >= 15 is 0 Å². The summed E-state index contributed by atoms with van der Waals surface area (Å²) in [6, 6.07) is 19.0. The summed E-state index contributed by atoms with van der Waals surface area (Å²) in [7, 11) is 0. The lowest BCUT2D eigenvalue weighted by molar-refractivity contribution is -0.116. The van der Waals surface area contributed by atoms with E-state index in [-0.39, 0.29) is 11.8 Å². The monoisotopic (exact) mass is 336 g/mol. The fraction of sp³-hybridized carbons (Fsp3) is 0.333. The summed E-state index contributed by atoms with van der Waals surface area (Å²) < 4.78 is 0. The van der Waals surface area contributed by atoms with Crippen LogP contribution in [-0.2, 0) is 4.79 Å². The number of benzene rings is 2. The third kappa shape index (κ3) is 4.92. The highest BCUT2D eigenvalue weighted by Crippen LogP contribution is 2.23. The number of amides is 2. The number of carbonyl (C=O) groups excluding carboxylic acids is 2. The average molecular weight is 336 g/mol. The number of carbonyl (C=O) groups is 2. The zero-order valence-electron chi connectivity index (χ0n) is 14.4. The van der Waals surface area contributed by atoms with Gasteiger partial charge in [0.2, 0.25) is 5.91 Å². The topological polar surface area (TPSA) is 49.4 Å². The van der Waals surface area contributed by atoms with Crippen LogP contribution in [0.5, 0.6) is 0 Å². The summed E-state index contributed by atoms with van der Waals surface area (Å²) in [5.41, 5.74) is 1.60. The molecule has 2 amide bonds. The van der Waals surface area contributed by atoms with E-state index in [9.17, 15) is 9.59 Å². The smallest absolute Gasteiger partial charge is 0.253 e. The number of piperidine rings is 1. The van der Waals surface area contributed by atoms with Gasteiger partial charge in [-0.25, -0.2) is 0 Å². The number of nitrogens with one attached hydrogen (secondary N) is 1.